The molecule has 0 radical (unpaired) electrons. The fourth-order valence-electron chi connectivity index (χ4n) is 4.08. The van der Waals surface area contributed by atoms with Crippen molar-refractivity contribution in [3.63, 3.8) is 0 Å². The third-order valence-electron chi connectivity index (χ3n) is 5.33. The first-order valence-corrected chi connectivity index (χ1v) is 9.82. The van der Waals surface area contributed by atoms with E-state index in [2.05, 4.69) is 15.9 Å². The third kappa shape index (κ3) is 2.55. The summed E-state index contributed by atoms with van der Waals surface area (Å²) < 4.78 is 2.58. The Morgan fingerprint density at radius 1 is 0.926 bits per heavy atom. The molecule has 3 nitrogen and oxygen atoms in total. The molecule has 0 saturated carbocycles. The van der Waals surface area contributed by atoms with Gasteiger partial charge in [-0.05, 0) is 59.5 Å². The minimum absolute atomic E-state index is 0.0534. The molecule has 0 atom stereocenters. The molecule has 132 valence electrons. The Morgan fingerprint density at radius 2 is 1.74 bits per heavy atom. The van der Waals surface area contributed by atoms with Crippen molar-refractivity contribution in [2.45, 2.75) is 19.3 Å². The summed E-state index contributed by atoms with van der Waals surface area (Å²) in [4.78, 5) is 26.2. The van der Waals surface area contributed by atoms with Crippen LogP contribution in [0.1, 0.15) is 39.3 Å². The quantitative estimate of drug-likeness (QED) is 0.394. The number of ketones is 1. The van der Waals surface area contributed by atoms with Crippen LogP contribution in [-0.4, -0.2) is 16.3 Å². The molecule has 0 N–H and O–H groups in total. The van der Waals surface area contributed by atoms with Crippen LogP contribution in [0.2, 0.25) is 0 Å². The average Bonchev–Trinajstić information content (AvgIpc) is 3.02. The second kappa shape index (κ2) is 6.17. The van der Waals surface area contributed by atoms with E-state index in [1.165, 1.54) is 0 Å². The average molecular weight is 418 g/mol. The van der Waals surface area contributed by atoms with Crippen molar-refractivity contribution in [2.75, 3.05) is 0 Å². The van der Waals surface area contributed by atoms with Crippen LogP contribution in [0.3, 0.4) is 0 Å². The van der Waals surface area contributed by atoms with Gasteiger partial charge in [0.2, 0.25) is 0 Å². The number of Topliss-reactive ketones (excluding diaryl/α,β-unsaturated/α-hetero) is 1. The van der Waals surface area contributed by atoms with E-state index in [1.807, 2.05) is 60.7 Å². The molecule has 1 aliphatic carbocycles. The molecule has 3 aromatic carbocycles. The topological polar surface area (TPSA) is 39.1 Å². The number of hydrogen-bond acceptors (Lipinski definition) is 2. The zero-order valence-corrected chi connectivity index (χ0v) is 16.1. The normalized spacial score (nSPS) is 13.9. The van der Waals surface area contributed by atoms with Crippen molar-refractivity contribution < 1.29 is 9.59 Å². The molecule has 0 fully saturated rings. The molecule has 0 aliphatic heterocycles. The molecule has 5 rings (SSSR count). The summed E-state index contributed by atoms with van der Waals surface area (Å²) >= 11 is 3.51. The van der Waals surface area contributed by atoms with Crippen LogP contribution in [0.4, 0.5) is 0 Å². The number of aryl methyl sites for hydroxylation is 1. The number of benzene rings is 3. The van der Waals surface area contributed by atoms with E-state index in [-0.39, 0.29) is 11.7 Å². The maximum Gasteiger partial charge on any atom is 0.262 e. The Hall–Kier alpha value is -2.72. The van der Waals surface area contributed by atoms with Gasteiger partial charge in [-0.1, -0.05) is 46.3 Å². The number of rotatable bonds is 1. The summed E-state index contributed by atoms with van der Waals surface area (Å²) in [7, 11) is 0. The zero-order chi connectivity index (χ0) is 18.5. The van der Waals surface area contributed by atoms with E-state index in [1.54, 1.807) is 4.57 Å². The van der Waals surface area contributed by atoms with E-state index in [0.717, 1.165) is 44.6 Å². The molecule has 1 aliphatic rings. The minimum atomic E-state index is -0.149. The predicted octanol–water partition coefficient (Wildman–Crippen LogP) is 5.76. The summed E-state index contributed by atoms with van der Waals surface area (Å²) in [5, 5.41) is 3.10. The van der Waals surface area contributed by atoms with E-state index in [4.69, 9.17) is 0 Å². The first kappa shape index (κ1) is 16.5. The van der Waals surface area contributed by atoms with Gasteiger partial charge in [0.1, 0.15) is 0 Å². The fourth-order valence-corrected chi connectivity index (χ4v) is 4.44. The van der Waals surface area contributed by atoms with Gasteiger partial charge >= 0.3 is 0 Å². The molecule has 27 heavy (non-hydrogen) atoms. The van der Waals surface area contributed by atoms with Crippen LogP contribution in [0.25, 0.3) is 21.7 Å². The lowest BCUT2D eigenvalue weighted by Gasteiger charge is -2.14. The van der Waals surface area contributed by atoms with Crippen LogP contribution in [0, 0.1) is 0 Å². The van der Waals surface area contributed by atoms with Crippen LogP contribution < -0.4 is 0 Å². The van der Waals surface area contributed by atoms with E-state index in [9.17, 15) is 9.59 Å². The zero-order valence-electron chi connectivity index (χ0n) is 14.5. The van der Waals surface area contributed by atoms with Crippen LogP contribution in [-0.2, 0) is 6.42 Å². The van der Waals surface area contributed by atoms with Crippen molar-refractivity contribution >= 4 is 49.3 Å². The van der Waals surface area contributed by atoms with Gasteiger partial charge in [0.15, 0.2) is 5.78 Å². The Balaban J connectivity index is 1.77. The largest absolute Gasteiger partial charge is 0.293 e. The second-order valence-electron chi connectivity index (χ2n) is 6.97. The third-order valence-corrected chi connectivity index (χ3v) is 5.82. The lowest BCUT2D eigenvalue weighted by Crippen LogP contribution is -2.21. The van der Waals surface area contributed by atoms with Crippen molar-refractivity contribution in [1.29, 1.82) is 0 Å². The van der Waals surface area contributed by atoms with Gasteiger partial charge in [-0.25, -0.2) is 0 Å². The molecule has 0 amide bonds. The first-order valence-electron chi connectivity index (χ1n) is 9.03. The summed E-state index contributed by atoms with van der Waals surface area (Å²) in [6, 6.07) is 19.5. The molecular weight excluding hydrogens is 402 g/mol. The molecule has 0 spiro atoms. The maximum atomic E-state index is 13.5. The van der Waals surface area contributed by atoms with Crippen molar-refractivity contribution in [2.24, 2.45) is 0 Å². The number of carbonyl (C=O) groups is 2. The monoisotopic (exact) mass is 417 g/mol. The predicted molar refractivity (Wildman–Crippen MR) is 111 cm³/mol. The standard InChI is InChI=1S/C23H16BrNO2/c24-17-10-11-20-19(13-17)18-6-3-7-21(26)22(18)25(20)23(27)16-9-8-14-4-1-2-5-15(14)12-16/h1-2,4-5,8-13H,3,6-7H2. The van der Waals surface area contributed by atoms with Crippen LogP contribution in [0.15, 0.2) is 65.1 Å². The lowest BCUT2D eigenvalue weighted by atomic mass is 9.94. The van der Waals surface area contributed by atoms with Gasteiger partial charge in [-0.3, -0.25) is 14.2 Å². The number of carbonyl (C=O) groups excluding carboxylic acids is 2. The highest BCUT2D eigenvalue weighted by Crippen LogP contribution is 2.34. The molecule has 4 aromatic rings. The number of fused-ring (bicyclic) bond motifs is 4. The highest BCUT2D eigenvalue weighted by molar-refractivity contribution is 9.10. The van der Waals surface area contributed by atoms with Gasteiger partial charge in [0.25, 0.3) is 5.91 Å². The first-order chi connectivity index (χ1) is 13.1. The number of hydrogen-bond donors (Lipinski definition) is 0. The van der Waals surface area contributed by atoms with Crippen molar-refractivity contribution in [3.8, 4) is 0 Å². The number of nitrogens with zero attached hydrogens (tertiary/aromatic N) is 1. The molecule has 0 unspecified atom stereocenters. The van der Waals surface area contributed by atoms with E-state index >= 15 is 0 Å². The smallest absolute Gasteiger partial charge is 0.262 e. The van der Waals surface area contributed by atoms with Gasteiger partial charge in [-0.15, -0.1) is 0 Å². The number of halogens is 1. The van der Waals surface area contributed by atoms with Gasteiger partial charge in [0.05, 0.1) is 11.2 Å². The summed E-state index contributed by atoms with van der Waals surface area (Å²) in [6.45, 7) is 0. The highest BCUT2D eigenvalue weighted by atomic mass is 79.9. The summed E-state index contributed by atoms with van der Waals surface area (Å²) in [6.07, 6.45) is 2.16. The van der Waals surface area contributed by atoms with E-state index in [0.29, 0.717) is 17.7 Å². The highest BCUT2D eigenvalue weighted by Gasteiger charge is 2.29. The Morgan fingerprint density at radius 3 is 2.59 bits per heavy atom. The lowest BCUT2D eigenvalue weighted by molar-refractivity contribution is 0.0913. The summed E-state index contributed by atoms with van der Waals surface area (Å²) in [5.74, 6) is -0.0951. The molecular formula is C23H16BrNO2. The summed E-state index contributed by atoms with van der Waals surface area (Å²) in [5.41, 5.74) is 2.95. The van der Waals surface area contributed by atoms with Gasteiger partial charge in [0, 0.05) is 21.8 Å². The molecule has 1 aromatic heterocycles. The SMILES string of the molecule is O=C1CCCc2c1n(C(=O)c1ccc3ccccc3c1)c1ccc(Br)cc21. The fraction of sp³-hybridized carbons (Fsp3) is 0.130. The Kier molecular flexibility index (Phi) is 3.76. The van der Waals surface area contributed by atoms with Gasteiger partial charge < -0.3 is 0 Å². The van der Waals surface area contributed by atoms with Gasteiger partial charge in [-0.2, -0.15) is 0 Å². The molecule has 0 saturated heterocycles. The second-order valence-corrected chi connectivity index (χ2v) is 7.88. The Bertz CT molecular complexity index is 1250. The minimum Gasteiger partial charge on any atom is -0.293 e. The van der Waals surface area contributed by atoms with E-state index < -0.39 is 0 Å². The molecule has 4 heteroatoms. The van der Waals surface area contributed by atoms with Crippen LogP contribution >= 0.6 is 15.9 Å². The van der Waals surface area contributed by atoms with Crippen molar-refractivity contribution in [1.82, 2.24) is 4.57 Å². The molecule has 0 bridgehead atoms. The van der Waals surface area contributed by atoms with Crippen LogP contribution in [0.5, 0.6) is 0 Å². The van der Waals surface area contributed by atoms with Crippen molar-refractivity contribution in [3.05, 3.63) is 82.0 Å². The Labute approximate surface area is 164 Å². The number of aromatic nitrogens is 1. The maximum absolute atomic E-state index is 13.5. The molecule has 1 heterocycles.